The summed E-state index contributed by atoms with van der Waals surface area (Å²) in [4.78, 5) is 28.9. The number of hydrogen-bond donors (Lipinski definition) is 0. The van der Waals surface area contributed by atoms with E-state index < -0.39 is 6.04 Å². The highest BCUT2D eigenvalue weighted by molar-refractivity contribution is 5.94. The Morgan fingerprint density at radius 2 is 1.72 bits per heavy atom. The van der Waals surface area contributed by atoms with E-state index in [9.17, 15) is 9.59 Å². The molecule has 4 rings (SSSR count). The number of carbonyl (C=O) groups is 2. The Labute approximate surface area is 170 Å². The van der Waals surface area contributed by atoms with Crippen LogP contribution in [0.15, 0.2) is 73.1 Å². The number of benzene rings is 2. The molecule has 1 aliphatic heterocycles. The minimum Gasteiger partial charge on any atom is -0.331 e. The van der Waals surface area contributed by atoms with Gasteiger partial charge in [0.2, 0.25) is 11.8 Å². The Morgan fingerprint density at radius 1 is 0.966 bits per heavy atom. The van der Waals surface area contributed by atoms with Gasteiger partial charge in [0.05, 0.1) is 12.2 Å². The maximum atomic E-state index is 12.8. The molecule has 1 fully saturated rings. The van der Waals surface area contributed by atoms with E-state index in [-0.39, 0.29) is 18.4 Å². The zero-order valence-corrected chi connectivity index (χ0v) is 16.4. The number of aromatic nitrogens is 2. The van der Waals surface area contributed by atoms with Crippen LogP contribution in [0.1, 0.15) is 18.1 Å². The molecule has 0 spiro atoms. The molecule has 2 aromatic carbocycles. The van der Waals surface area contributed by atoms with Crippen molar-refractivity contribution >= 4 is 11.8 Å². The summed E-state index contributed by atoms with van der Waals surface area (Å²) in [7, 11) is 0. The van der Waals surface area contributed by atoms with E-state index in [1.807, 2.05) is 73.8 Å². The van der Waals surface area contributed by atoms with Gasteiger partial charge in [0, 0.05) is 25.5 Å². The Morgan fingerprint density at radius 3 is 2.41 bits per heavy atom. The van der Waals surface area contributed by atoms with Crippen LogP contribution in [0.4, 0.5) is 0 Å². The molecule has 0 unspecified atom stereocenters. The summed E-state index contributed by atoms with van der Waals surface area (Å²) in [5.74, 6) is -0.00462. The molecular weight excluding hydrogens is 364 g/mol. The molecule has 2 heterocycles. The molecule has 0 saturated carbocycles. The third-order valence-electron chi connectivity index (χ3n) is 5.35. The fraction of sp³-hybridized carbons (Fsp3) is 0.261. The average Bonchev–Trinajstić information content (AvgIpc) is 3.29. The second-order valence-corrected chi connectivity index (χ2v) is 7.31. The van der Waals surface area contributed by atoms with Crippen molar-refractivity contribution in [3.05, 3.63) is 84.2 Å². The van der Waals surface area contributed by atoms with Crippen LogP contribution in [0, 0.1) is 0 Å². The van der Waals surface area contributed by atoms with Gasteiger partial charge in [0.1, 0.15) is 6.04 Å². The second kappa shape index (κ2) is 8.31. The Hall–Kier alpha value is -3.41. The number of carbonyl (C=O) groups excluding carboxylic acids is 2. The smallest absolute Gasteiger partial charge is 0.245 e. The van der Waals surface area contributed by atoms with Crippen molar-refractivity contribution in [1.82, 2.24) is 19.6 Å². The molecular formula is C23H24N4O2. The van der Waals surface area contributed by atoms with Crippen molar-refractivity contribution in [2.24, 2.45) is 0 Å². The zero-order valence-electron chi connectivity index (χ0n) is 16.4. The Bertz CT molecular complexity index is 968. The number of piperazine rings is 1. The van der Waals surface area contributed by atoms with Crippen LogP contribution in [0.5, 0.6) is 0 Å². The quantitative estimate of drug-likeness (QED) is 0.652. The van der Waals surface area contributed by atoms with E-state index in [1.165, 1.54) is 5.56 Å². The van der Waals surface area contributed by atoms with Gasteiger partial charge in [-0.05, 0) is 42.7 Å². The van der Waals surface area contributed by atoms with Crippen molar-refractivity contribution in [3.8, 4) is 5.69 Å². The highest BCUT2D eigenvalue weighted by Gasteiger charge is 2.36. The van der Waals surface area contributed by atoms with Gasteiger partial charge >= 0.3 is 0 Å². The fourth-order valence-electron chi connectivity index (χ4n) is 3.64. The maximum absolute atomic E-state index is 12.8. The molecule has 1 saturated heterocycles. The van der Waals surface area contributed by atoms with Crippen LogP contribution < -0.4 is 0 Å². The molecule has 1 aliphatic rings. The lowest BCUT2D eigenvalue weighted by Gasteiger charge is -2.39. The maximum Gasteiger partial charge on any atom is 0.245 e. The lowest BCUT2D eigenvalue weighted by Crippen LogP contribution is -2.58. The van der Waals surface area contributed by atoms with Crippen molar-refractivity contribution in [2.75, 3.05) is 13.1 Å². The van der Waals surface area contributed by atoms with Crippen LogP contribution in [-0.2, 0) is 22.6 Å². The van der Waals surface area contributed by atoms with Crippen molar-refractivity contribution in [2.45, 2.75) is 25.9 Å². The summed E-state index contributed by atoms with van der Waals surface area (Å²) in [5, 5.41) is 4.22. The van der Waals surface area contributed by atoms with Gasteiger partial charge in [0.15, 0.2) is 0 Å². The molecule has 0 radical (unpaired) electrons. The molecule has 3 aromatic rings. The largest absolute Gasteiger partial charge is 0.331 e. The Kier molecular flexibility index (Phi) is 5.42. The van der Waals surface area contributed by atoms with E-state index >= 15 is 0 Å². The molecule has 2 amide bonds. The minimum atomic E-state index is -0.460. The number of amides is 2. The van der Waals surface area contributed by atoms with E-state index in [4.69, 9.17) is 0 Å². The molecule has 6 heteroatoms. The van der Waals surface area contributed by atoms with Crippen molar-refractivity contribution in [3.63, 3.8) is 0 Å². The lowest BCUT2D eigenvalue weighted by molar-refractivity contribution is -0.155. The van der Waals surface area contributed by atoms with Gasteiger partial charge in [-0.25, -0.2) is 4.68 Å². The number of hydrogen-bond acceptors (Lipinski definition) is 3. The van der Waals surface area contributed by atoms with Crippen molar-refractivity contribution < 1.29 is 9.59 Å². The van der Waals surface area contributed by atoms with Gasteiger partial charge in [-0.2, -0.15) is 5.10 Å². The third kappa shape index (κ3) is 4.21. The van der Waals surface area contributed by atoms with E-state index in [0.717, 1.165) is 17.7 Å². The predicted molar refractivity (Wildman–Crippen MR) is 110 cm³/mol. The van der Waals surface area contributed by atoms with Gasteiger partial charge in [-0.3, -0.25) is 9.59 Å². The zero-order chi connectivity index (χ0) is 20.2. The first-order valence-corrected chi connectivity index (χ1v) is 9.83. The summed E-state index contributed by atoms with van der Waals surface area (Å²) < 4.78 is 1.78. The van der Waals surface area contributed by atoms with E-state index in [0.29, 0.717) is 13.1 Å². The summed E-state index contributed by atoms with van der Waals surface area (Å²) in [6, 6.07) is 19.3. The average molecular weight is 388 g/mol. The molecule has 6 nitrogen and oxygen atoms in total. The topological polar surface area (TPSA) is 58.4 Å². The number of nitrogens with zero attached hydrogens (tertiary/aromatic N) is 4. The molecule has 0 bridgehead atoms. The van der Waals surface area contributed by atoms with Crippen LogP contribution in [0.25, 0.3) is 5.69 Å². The highest BCUT2D eigenvalue weighted by Crippen LogP contribution is 2.18. The standard InChI is InChI=1S/C23H24N4O2/c1-18-23(29)25(15-12-19-6-3-2-4-7-19)17-22(28)26(18)16-20-8-10-21(11-9-20)27-14-5-13-24-27/h2-11,13-14,18H,12,15-17H2,1H3/t18-/m1/s1. The Balaban J connectivity index is 1.39. The van der Waals surface area contributed by atoms with Crippen LogP contribution in [0.2, 0.25) is 0 Å². The predicted octanol–water partition coefficient (Wildman–Crippen LogP) is 2.67. The lowest BCUT2D eigenvalue weighted by atomic mass is 10.1. The van der Waals surface area contributed by atoms with Gasteiger partial charge < -0.3 is 9.80 Å². The first-order chi connectivity index (χ1) is 14.1. The first-order valence-electron chi connectivity index (χ1n) is 9.83. The molecule has 29 heavy (non-hydrogen) atoms. The highest BCUT2D eigenvalue weighted by atomic mass is 16.2. The molecule has 148 valence electrons. The third-order valence-corrected chi connectivity index (χ3v) is 5.35. The summed E-state index contributed by atoms with van der Waals surface area (Å²) >= 11 is 0. The fourth-order valence-corrected chi connectivity index (χ4v) is 3.64. The van der Waals surface area contributed by atoms with E-state index in [2.05, 4.69) is 5.10 Å². The second-order valence-electron chi connectivity index (χ2n) is 7.31. The summed E-state index contributed by atoms with van der Waals surface area (Å²) in [5.41, 5.74) is 3.12. The van der Waals surface area contributed by atoms with Crippen LogP contribution in [-0.4, -0.2) is 50.5 Å². The van der Waals surface area contributed by atoms with E-state index in [1.54, 1.807) is 20.7 Å². The van der Waals surface area contributed by atoms with Crippen LogP contribution >= 0.6 is 0 Å². The molecule has 1 atom stereocenters. The van der Waals surface area contributed by atoms with Gasteiger partial charge in [-0.15, -0.1) is 0 Å². The molecule has 1 aromatic heterocycles. The summed E-state index contributed by atoms with van der Waals surface area (Å²) in [6.07, 6.45) is 4.37. The van der Waals surface area contributed by atoms with Crippen molar-refractivity contribution in [1.29, 1.82) is 0 Å². The molecule has 0 aliphatic carbocycles. The monoisotopic (exact) mass is 388 g/mol. The normalized spacial score (nSPS) is 17.1. The summed E-state index contributed by atoms with van der Waals surface area (Å²) in [6.45, 7) is 2.94. The first kappa shape index (κ1) is 18.9. The van der Waals surface area contributed by atoms with Crippen LogP contribution in [0.3, 0.4) is 0 Å². The minimum absolute atomic E-state index is 0.00805. The van der Waals surface area contributed by atoms with Gasteiger partial charge in [0.25, 0.3) is 0 Å². The van der Waals surface area contributed by atoms with Gasteiger partial charge in [-0.1, -0.05) is 42.5 Å². The SMILES string of the molecule is C[C@@H]1C(=O)N(CCc2ccccc2)CC(=O)N1Cc1ccc(-n2cccn2)cc1. The molecule has 0 N–H and O–H groups in total. The number of rotatable bonds is 6.